The van der Waals surface area contributed by atoms with Crippen LogP contribution in [0, 0.1) is 24.1 Å². The summed E-state index contributed by atoms with van der Waals surface area (Å²) >= 11 is 0. The summed E-state index contributed by atoms with van der Waals surface area (Å²) in [6.07, 6.45) is -4.60. The standard InChI is InChI=1S/C15H10F4N2/c1-9-2-5-14(13(16)6-9)21-11-3-4-12(15(17,18)19)10(7-11)8-20/h2-7,21H,1H3. The number of halogens is 4. The van der Waals surface area contributed by atoms with Crippen molar-refractivity contribution >= 4 is 11.4 Å². The minimum absolute atomic E-state index is 0.129. The lowest BCUT2D eigenvalue weighted by molar-refractivity contribution is -0.137. The van der Waals surface area contributed by atoms with E-state index >= 15 is 0 Å². The average Bonchev–Trinajstić information content (AvgIpc) is 2.40. The van der Waals surface area contributed by atoms with Crippen molar-refractivity contribution < 1.29 is 17.6 Å². The van der Waals surface area contributed by atoms with E-state index in [1.165, 1.54) is 18.2 Å². The number of aryl methyl sites for hydroxylation is 1. The summed E-state index contributed by atoms with van der Waals surface area (Å²) in [7, 11) is 0. The maximum Gasteiger partial charge on any atom is 0.417 e. The van der Waals surface area contributed by atoms with Gasteiger partial charge in [0.2, 0.25) is 0 Å². The van der Waals surface area contributed by atoms with Gasteiger partial charge in [-0.25, -0.2) is 4.39 Å². The highest BCUT2D eigenvalue weighted by atomic mass is 19.4. The van der Waals surface area contributed by atoms with Crippen LogP contribution in [0.15, 0.2) is 36.4 Å². The van der Waals surface area contributed by atoms with Gasteiger partial charge in [0.25, 0.3) is 0 Å². The quantitative estimate of drug-likeness (QED) is 0.810. The molecular formula is C15H10F4N2. The molecule has 0 aromatic heterocycles. The first-order valence-corrected chi connectivity index (χ1v) is 5.96. The van der Waals surface area contributed by atoms with Gasteiger partial charge in [0.1, 0.15) is 5.82 Å². The number of nitrogens with one attached hydrogen (secondary N) is 1. The van der Waals surface area contributed by atoms with Crippen molar-refractivity contribution in [2.75, 3.05) is 5.32 Å². The van der Waals surface area contributed by atoms with E-state index in [-0.39, 0.29) is 11.4 Å². The monoisotopic (exact) mass is 294 g/mol. The Morgan fingerprint density at radius 1 is 1.10 bits per heavy atom. The molecule has 0 spiro atoms. The van der Waals surface area contributed by atoms with E-state index in [9.17, 15) is 17.6 Å². The predicted molar refractivity (Wildman–Crippen MR) is 70.6 cm³/mol. The van der Waals surface area contributed by atoms with Crippen molar-refractivity contribution in [3.05, 3.63) is 58.9 Å². The van der Waals surface area contributed by atoms with Crippen molar-refractivity contribution in [3.63, 3.8) is 0 Å². The highest BCUT2D eigenvalue weighted by Crippen LogP contribution is 2.33. The van der Waals surface area contributed by atoms with Crippen LogP contribution in [0.3, 0.4) is 0 Å². The number of alkyl halides is 3. The second-order valence-electron chi connectivity index (χ2n) is 4.48. The van der Waals surface area contributed by atoms with Gasteiger partial charge in [-0.05, 0) is 42.8 Å². The maximum atomic E-state index is 13.7. The van der Waals surface area contributed by atoms with Crippen LogP contribution in [0.25, 0.3) is 0 Å². The lowest BCUT2D eigenvalue weighted by Crippen LogP contribution is -2.08. The predicted octanol–water partition coefficient (Wildman–Crippen LogP) is 4.77. The van der Waals surface area contributed by atoms with E-state index in [1.54, 1.807) is 13.0 Å². The minimum Gasteiger partial charge on any atom is -0.353 e. The Labute approximate surface area is 118 Å². The van der Waals surface area contributed by atoms with E-state index in [4.69, 9.17) is 5.26 Å². The fourth-order valence-corrected chi connectivity index (χ4v) is 1.84. The number of nitriles is 1. The Morgan fingerprint density at radius 3 is 2.38 bits per heavy atom. The smallest absolute Gasteiger partial charge is 0.353 e. The summed E-state index contributed by atoms with van der Waals surface area (Å²) in [6, 6.07) is 8.95. The number of hydrogen-bond acceptors (Lipinski definition) is 2. The third kappa shape index (κ3) is 3.31. The van der Waals surface area contributed by atoms with Gasteiger partial charge < -0.3 is 5.32 Å². The van der Waals surface area contributed by atoms with Gasteiger partial charge in [0, 0.05) is 5.69 Å². The second kappa shape index (κ2) is 5.44. The van der Waals surface area contributed by atoms with Gasteiger partial charge in [-0.2, -0.15) is 18.4 Å². The van der Waals surface area contributed by atoms with E-state index in [1.807, 2.05) is 0 Å². The lowest BCUT2D eigenvalue weighted by Gasteiger charge is -2.12. The Morgan fingerprint density at radius 2 is 1.81 bits per heavy atom. The van der Waals surface area contributed by atoms with Crippen molar-refractivity contribution in [1.29, 1.82) is 5.26 Å². The summed E-state index contributed by atoms with van der Waals surface area (Å²) in [5.41, 5.74) is -0.463. The Hall–Kier alpha value is -2.55. The van der Waals surface area contributed by atoms with Crippen LogP contribution in [-0.2, 0) is 6.18 Å². The largest absolute Gasteiger partial charge is 0.417 e. The van der Waals surface area contributed by atoms with Crippen LogP contribution < -0.4 is 5.32 Å². The first-order valence-electron chi connectivity index (χ1n) is 5.96. The number of nitrogens with zero attached hydrogens (tertiary/aromatic N) is 1. The van der Waals surface area contributed by atoms with Crippen molar-refractivity contribution in [3.8, 4) is 6.07 Å². The number of hydrogen-bond donors (Lipinski definition) is 1. The molecule has 0 unspecified atom stereocenters. The van der Waals surface area contributed by atoms with Gasteiger partial charge in [-0.15, -0.1) is 0 Å². The molecule has 0 saturated heterocycles. The van der Waals surface area contributed by atoms with Gasteiger partial charge >= 0.3 is 6.18 Å². The molecule has 0 bridgehead atoms. The molecule has 0 atom stereocenters. The Bertz CT molecular complexity index is 715. The molecular weight excluding hydrogens is 284 g/mol. The molecule has 0 aliphatic heterocycles. The molecule has 6 heteroatoms. The average molecular weight is 294 g/mol. The number of benzene rings is 2. The summed E-state index contributed by atoms with van der Waals surface area (Å²) < 4.78 is 51.7. The van der Waals surface area contributed by atoms with E-state index in [0.717, 1.165) is 23.8 Å². The Kier molecular flexibility index (Phi) is 3.85. The fourth-order valence-electron chi connectivity index (χ4n) is 1.84. The van der Waals surface area contributed by atoms with Crippen molar-refractivity contribution in [2.45, 2.75) is 13.1 Å². The van der Waals surface area contributed by atoms with Gasteiger partial charge in [-0.3, -0.25) is 0 Å². The van der Waals surface area contributed by atoms with E-state index < -0.39 is 23.1 Å². The van der Waals surface area contributed by atoms with E-state index in [0.29, 0.717) is 0 Å². The van der Waals surface area contributed by atoms with Crippen molar-refractivity contribution in [2.24, 2.45) is 0 Å². The number of anilines is 2. The lowest BCUT2D eigenvalue weighted by atomic mass is 10.1. The fraction of sp³-hybridized carbons (Fsp3) is 0.133. The van der Waals surface area contributed by atoms with Crippen LogP contribution in [0.5, 0.6) is 0 Å². The summed E-state index contributed by atoms with van der Waals surface area (Å²) in [6.45, 7) is 1.72. The van der Waals surface area contributed by atoms with Crippen molar-refractivity contribution in [1.82, 2.24) is 0 Å². The number of rotatable bonds is 2. The molecule has 1 N–H and O–H groups in total. The van der Waals surface area contributed by atoms with Crippen LogP contribution in [-0.4, -0.2) is 0 Å². The molecule has 0 radical (unpaired) electrons. The minimum atomic E-state index is -4.60. The van der Waals surface area contributed by atoms with Crippen LogP contribution in [0.2, 0.25) is 0 Å². The third-order valence-electron chi connectivity index (χ3n) is 2.85. The van der Waals surface area contributed by atoms with E-state index in [2.05, 4.69) is 5.32 Å². The molecule has 108 valence electrons. The zero-order valence-corrected chi connectivity index (χ0v) is 10.9. The SMILES string of the molecule is Cc1ccc(Nc2ccc(C(F)(F)F)c(C#N)c2)c(F)c1. The molecule has 2 rings (SSSR count). The molecule has 0 fully saturated rings. The zero-order chi connectivity index (χ0) is 15.6. The molecule has 2 aromatic carbocycles. The molecule has 0 aliphatic rings. The summed E-state index contributed by atoms with van der Waals surface area (Å²) in [4.78, 5) is 0. The van der Waals surface area contributed by atoms with Crippen LogP contribution in [0.4, 0.5) is 28.9 Å². The summed E-state index contributed by atoms with van der Waals surface area (Å²) in [5, 5.41) is 11.5. The normalized spacial score (nSPS) is 11.0. The molecule has 0 aliphatic carbocycles. The van der Waals surface area contributed by atoms with Crippen LogP contribution >= 0.6 is 0 Å². The maximum absolute atomic E-state index is 13.7. The van der Waals surface area contributed by atoms with Crippen LogP contribution in [0.1, 0.15) is 16.7 Å². The molecule has 21 heavy (non-hydrogen) atoms. The molecule has 0 saturated carbocycles. The third-order valence-corrected chi connectivity index (χ3v) is 2.85. The molecule has 2 nitrogen and oxygen atoms in total. The Balaban J connectivity index is 2.36. The van der Waals surface area contributed by atoms with Gasteiger partial charge in [0.15, 0.2) is 0 Å². The second-order valence-corrected chi connectivity index (χ2v) is 4.48. The topological polar surface area (TPSA) is 35.8 Å². The first-order chi connectivity index (χ1) is 9.81. The molecule has 0 amide bonds. The van der Waals surface area contributed by atoms with Gasteiger partial charge in [0.05, 0.1) is 22.9 Å². The zero-order valence-electron chi connectivity index (χ0n) is 10.9. The highest BCUT2D eigenvalue weighted by Gasteiger charge is 2.33. The first kappa shape index (κ1) is 14.9. The molecule has 0 heterocycles. The van der Waals surface area contributed by atoms with Gasteiger partial charge in [-0.1, -0.05) is 6.07 Å². The molecule has 2 aromatic rings. The summed E-state index contributed by atoms with van der Waals surface area (Å²) in [5.74, 6) is -0.520. The highest BCUT2D eigenvalue weighted by molar-refractivity contribution is 5.63.